The standard InChI is InChI=1S/C22H30N2O2.ClH/c1-16(2)24(22(25)17(3)14-23-4)15-18-10-12-19(13-11-18)20-8-6-7-9-21(20)26-5;/h6-13,16-17,23H,14-15H2,1-5H3;1H. The van der Waals surface area contributed by atoms with Crippen molar-refractivity contribution < 1.29 is 9.53 Å². The van der Waals surface area contributed by atoms with E-state index in [-0.39, 0.29) is 30.3 Å². The van der Waals surface area contributed by atoms with Crippen LogP contribution in [0.2, 0.25) is 0 Å². The van der Waals surface area contributed by atoms with Crippen LogP contribution in [-0.4, -0.2) is 37.6 Å². The zero-order valence-electron chi connectivity index (χ0n) is 16.9. The van der Waals surface area contributed by atoms with E-state index in [1.165, 1.54) is 0 Å². The molecule has 1 atom stereocenters. The van der Waals surface area contributed by atoms with E-state index in [0.29, 0.717) is 13.1 Å². The predicted octanol–water partition coefficient (Wildman–Crippen LogP) is 4.38. The van der Waals surface area contributed by atoms with Crippen LogP contribution in [0.1, 0.15) is 26.3 Å². The fourth-order valence-corrected chi connectivity index (χ4v) is 3.06. The van der Waals surface area contributed by atoms with Crippen molar-refractivity contribution in [2.75, 3.05) is 20.7 Å². The summed E-state index contributed by atoms with van der Waals surface area (Å²) < 4.78 is 5.45. The number of hydrogen-bond donors (Lipinski definition) is 1. The van der Waals surface area contributed by atoms with E-state index < -0.39 is 0 Å². The molecule has 0 aliphatic rings. The van der Waals surface area contributed by atoms with Gasteiger partial charge in [0.05, 0.1) is 7.11 Å². The summed E-state index contributed by atoms with van der Waals surface area (Å²) in [6.07, 6.45) is 0. The molecule has 1 amide bonds. The molecule has 27 heavy (non-hydrogen) atoms. The van der Waals surface area contributed by atoms with Crippen LogP contribution < -0.4 is 10.1 Å². The van der Waals surface area contributed by atoms with Gasteiger partial charge >= 0.3 is 0 Å². The quantitative estimate of drug-likeness (QED) is 0.727. The lowest BCUT2D eigenvalue weighted by Gasteiger charge is -2.29. The van der Waals surface area contributed by atoms with E-state index >= 15 is 0 Å². The average molecular weight is 391 g/mol. The number of methoxy groups -OCH3 is 1. The van der Waals surface area contributed by atoms with E-state index in [2.05, 4.69) is 49.5 Å². The molecule has 0 heterocycles. The molecular formula is C22H31ClN2O2. The molecule has 0 fully saturated rings. The zero-order valence-corrected chi connectivity index (χ0v) is 17.7. The van der Waals surface area contributed by atoms with Gasteiger partial charge in [-0.15, -0.1) is 12.4 Å². The number of carbonyl (C=O) groups is 1. The van der Waals surface area contributed by atoms with E-state index in [1.54, 1.807) is 7.11 Å². The van der Waals surface area contributed by atoms with Crippen molar-refractivity contribution in [2.24, 2.45) is 5.92 Å². The van der Waals surface area contributed by atoms with Crippen LogP contribution in [0.4, 0.5) is 0 Å². The molecule has 0 spiro atoms. The second kappa shape index (κ2) is 11.0. The van der Waals surface area contributed by atoms with Gasteiger partial charge in [0.15, 0.2) is 0 Å². The van der Waals surface area contributed by atoms with Crippen LogP contribution in [-0.2, 0) is 11.3 Å². The number of carbonyl (C=O) groups excluding carboxylic acids is 1. The Bertz CT molecular complexity index is 717. The maximum Gasteiger partial charge on any atom is 0.227 e. The normalized spacial score (nSPS) is 11.6. The number of para-hydroxylation sites is 1. The molecular weight excluding hydrogens is 360 g/mol. The predicted molar refractivity (Wildman–Crippen MR) is 114 cm³/mol. The van der Waals surface area contributed by atoms with Crippen LogP contribution in [0.15, 0.2) is 48.5 Å². The molecule has 4 nitrogen and oxygen atoms in total. The third-order valence-corrected chi connectivity index (χ3v) is 4.56. The summed E-state index contributed by atoms with van der Waals surface area (Å²) >= 11 is 0. The summed E-state index contributed by atoms with van der Waals surface area (Å²) in [6, 6.07) is 16.5. The minimum absolute atomic E-state index is 0. The van der Waals surface area contributed by atoms with Gasteiger partial charge in [-0.3, -0.25) is 4.79 Å². The highest BCUT2D eigenvalue weighted by atomic mass is 35.5. The summed E-state index contributed by atoms with van der Waals surface area (Å²) in [5, 5.41) is 3.08. The third kappa shape index (κ3) is 5.98. The third-order valence-electron chi connectivity index (χ3n) is 4.56. The lowest BCUT2D eigenvalue weighted by atomic mass is 10.0. The molecule has 5 heteroatoms. The monoisotopic (exact) mass is 390 g/mol. The summed E-state index contributed by atoms with van der Waals surface area (Å²) in [5.74, 6) is 1.01. The number of nitrogens with one attached hydrogen (secondary N) is 1. The minimum Gasteiger partial charge on any atom is -0.496 e. The first kappa shape index (κ1) is 23.0. The SMILES string of the molecule is CNCC(C)C(=O)N(Cc1ccc(-c2ccccc2OC)cc1)C(C)C.Cl. The van der Waals surface area contributed by atoms with E-state index in [9.17, 15) is 4.79 Å². The smallest absolute Gasteiger partial charge is 0.227 e. The Kier molecular flexibility index (Phi) is 9.33. The topological polar surface area (TPSA) is 41.6 Å². The summed E-state index contributed by atoms with van der Waals surface area (Å²) in [7, 11) is 3.56. The van der Waals surface area contributed by atoms with Crippen molar-refractivity contribution >= 4 is 18.3 Å². The molecule has 148 valence electrons. The number of halogens is 1. The van der Waals surface area contributed by atoms with Gasteiger partial charge in [-0.05, 0) is 38.1 Å². The zero-order chi connectivity index (χ0) is 19.1. The van der Waals surface area contributed by atoms with E-state index in [0.717, 1.165) is 22.4 Å². The second-order valence-corrected chi connectivity index (χ2v) is 6.92. The average Bonchev–Trinajstić information content (AvgIpc) is 2.66. The maximum atomic E-state index is 12.7. The number of amides is 1. The van der Waals surface area contributed by atoms with Gasteiger partial charge in [-0.1, -0.05) is 49.4 Å². The summed E-state index contributed by atoms with van der Waals surface area (Å²) in [5.41, 5.74) is 3.31. The van der Waals surface area contributed by atoms with Gasteiger partial charge in [0.25, 0.3) is 0 Å². The Balaban J connectivity index is 0.00000364. The maximum absolute atomic E-state index is 12.7. The first-order chi connectivity index (χ1) is 12.5. The number of benzene rings is 2. The molecule has 0 saturated carbocycles. The van der Waals surface area contributed by atoms with Gasteiger partial charge < -0.3 is 15.0 Å². The van der Waals surface area contributed by atoms with Gasteiger partial charge in [0.2, 0.25) is 5.91 Å². The van der Waals surface area contributed by atoms with Gasteiger partial charge in [0, 0.05) is 30.6 Å². The molecule has 2 aromatic rings. The van der Waals surface area contributed by atoms with Crippen LogP contribution in [0.5, 0.6) is 5.75 Å². The highest BCUT2D eigenvalue weighted by molar-refractivity contribution is 5.85. The Morgan fingerprint density at radius 1 is 1.07 bits per heavy atom. The van der Waals surface area contributed by atoms with E-state index in [4.69, 9.17) is 4.74 Å². The molecule has 2 rings (SSSR count). The van der Waals surface area contributed by atoms with Gasteiger partial charge in [-0.25, -0.2) is 0 Å². The van der Waals surface area contributed by atoms with E-state index in [1.807, 2.05) is 37.1 Å². The van der Waals surface area contributed by atoms with Crippen molar-refractivity contribution in [1.29, 1.82) is 0 Å². The highest BCUT2D eigenvalue weighted by Crippen LogP contribution is 2.29. The fraction of sp³-hybridized carbons (Fsp3) is 0.409. The van der Waals surface area contributed by atoms with Crippen LogP contribution in [0, 0.1) is 5.92 Å². The van der Waals surface area contributed by atoms with Gasteiger partial charge in [-0.2, -0.15) is 0 Å². The Hall–Kier alpha value is -2.04. The van der Waals surface area contributed by atoms with Crippen LogP contribution in [0.25, 0.3) is 11.1 Å². The molecule has 1 unspecified atom stereocenters. The Labute approximate surface area is 169 Å². The summed E-state index contributed by atoms with van der Waals surface area (Å²) in [6.45, 7) is 7.41. The molecule has 0 aromatic heterocycles. The van der Waals surface area contributed by atoms with Crippen molar-refractivity contribution in [3.63, 3.8) is 0 Å². The number of ether oxygens (including phenoxy) is 1. The van der Waals surface area contributed by atoms with Crippen molar-refractivity contribution in [1.82, 2.24) is 10.2 Å². The molecule has 2 aromatic carbocycles. The molecule has 0 bridgehead atoms. The number of rotatable bonds is 8. The van der Waals surface area contributed by atoms with Crippen molar-refractivity contribution in [3.05, 3.63) is 54.1 Å². The first-order valence-corrected chi connectivity index (χ1v) is 9.15. The molecule has 1 N–H and O–H groups in total. The Morgan fingerprint density at radius 3 is 2.26 bits per heavy atom. The van der Waals surface area contributed by atoms with Crippen molar-refractivity contribution in [3.8, 4) is 16.9 Å². The molecule has 0 aliphatic carbocycles. The lowest BCUT2D eigenvalue weighted by molar-refractivity contribution is -0.137. The second-order valence-electron chi connectivity index (χ2n) is 6.92. The summed E-state index contributed by atoms with van der Waals surface area (Å²) in [4.78, 5) is 14.7. The van der Waals surface area contributed by atoms with Gasteiger partial charge in [0.1, 0.15) is 5.75 Å². The Morgan fingerprint density at radius 2 is 1.70 bits per heavy atom. The largest absolute Gasteiger partial charge is 0.496 e. The van der Waals surface area contributed by atoms with Crippen LogP contribution in [0.3, 0.4) is 0 Å². The first-order valence-electron chi connectivity index (χ1n) is 9.15. The number of nitrogens with zero attached hydrogens (tertiary/aromatic N) is 1. The molecule has 0 radical (unpaired) electrons. The molecule has 0 saturated heterocycles. The highest BCUT2D eigenvalue weighted by Gasteiger charge is 2.22. The number of hydrogen-bond acceptors (Lipinski definition) is 3. The minimum atomic E-state index is -0.0322. The fourth-order valence-electron chi connectivity index (χ4n) is 3.06. The van der Waals surface area contributed by atoms with Crippen LogP contribution >= 0.6 is 12.4 Å². The lowest BCUT2D eigenvalue weighted by Crippen LogP contribution is -2.42. The van der Waals surface area contributed by atoms with Crippen molar-refractivity contribution in [2.45, 2.75) is 33.4 Å². The molecule has 0 aliphatic heterocycles.